The van der Waals surface area contributed by atoms with Crippen LogP contribution in [0.1, 0.15) is 18.5 Å². The van der Waals surface area contributed by atoms with Crippen LogP contribution in [-0.4, -0.2) is 88.4 Å². The number of hydrogen-bond donors (Lipinski definition) is 2. The molecule has 1 aromatic rings. The van der Waals surface area contributed by atoms with Gasteiger partial charge in [0.2, 0.25) is 5.91 Å². The molecule has 0 spiro atoms. The van der Waals surface area contributed by atoms with Gasteiger partial charge in [0.1, 0.15) is 6.04 Å². The van der Waals surface area contributed by atoms with Crippen LogP contribution in [-0.2, 0) is 14.4 Å². The van der Waals surface area contributed by atoms with Gasteiger partial charge in [0.15, 0.2) is 0 Å². The van der Waals surface area contributed by atoms with Crippen molar-refractivity contribution in [3.05, 3.63) is 29.8 Å². The molecule has 28 heavy (non-hydrogen) atoms. The topological polar surface area (TPSA) is 77.4 Å². The molecule has 1 aromatic carbocycles. The summed E-state index contributed by atoms with van der Waals surface area (Å²) < 4.78 is 0. The molecule has 1 aliphatic heterocycles. The maximum absolute atomic E-state index is 12.4. The van der Waals surface area contributed by atoms with E-state index in [-0.39, 0.29) is 11.9 Å². The molecule has 2 N–H and O–H groups in total. The number of nitrogens with zero attached hydrogens (tertiary/aromatic N) is 3. The molecule has 8 nitrogen and oxygen atoms in total. The van der Waals surface area contributed by atoms with Crippen LogP contribution in [0.25, 0.3) is 0 Å². The lowest BCUT2D eigenvalue weighted by Crippen LogP contribution is -3.07. The molecule has 0 aliphatic carbocycles. The average molecular weight is 391 g/mol. The van der Waals surface area contributed by atoms with E-state index in [0.717, 1.165) is 11.3 Å². The van der Waals surface area contributed by atoms with Crippen molar-refractivity contribution >= 4 is 23.4 Å². The summed E-state index contributed by atoms with van der Waals surface area (Å²) in [5, 5.41) is 2.79. The highest BCUT2D eigenvalue weighted by Gasteiger charge is 2.28. The Hall–Kier alpha value is -2.61. The Morgan fingerprint density at radius 2 is 1.57 bits per heavy atom. The third-order valence-corrected chi connectivity index (χ3v) is 5.18. The van der Waals surface area contributed by atoms with Crippen molar-refractivity contribution in [2.75, 3.05) is 65.8 Å². The predicted molar refractivity (Wildman–Crippen MR) is 108 cm³/mol. The molecule has 0 saturated carbocycles. The predicted octanol–water partition coefficient (Wildman–Crippen LogP) is -1.25. The van der Waals surface area contributed by atoms with Gasteiger partial charge in [-0.15, -0.1) is 0 Å². The van der Waals surface area contributed by atoms with E-state index >= 15 is 0 Å². The minimum absolute atomic E-state index is 0.00589. The quantitative estimate of drug-likeness (QED) is 0.616. The van der Waals surface area contributed by atoms with Crippen LogP contribution in [0.15, 0.2) is 24.3 Å². The Morgan fingerprint density at radius 3 is 2.04 bits per heavy atom. The highest BCUT2D eigenvalue weighted by atomic mass is 16.2. The van der Waals surface area contributed by atoms with Crippen molar-refractivity contribution < 1.29 is 19.3 Å². The van der Waals surface area contributed by atoms with E-state index in [9.17, 15) is 14.4 Å². The number of benzene rings is 1. The second-order valence-electron chi connectivity index (χ2n) is 7.62. The van der Waals surface area contributed by atoms with E-state index in [0.29, 0.717) is 32.7 Å². The summed E-state index contributed by atoms with van der Waals surface area (Å²) in [6, 6.07) is 8.26. The summed E-state index contributed by atoms with van der Waals surface area (Å²) in [7, 11) is 8.04. The van der Waals surface area contributed by atoms with Crippen molar-refractivity contribution in [2.45, 2.75) is 13.0 Å². The van der Waals surface area contributed by atoms with Gasteiger partial charge in [-0.05, 0) is 12.1 Å². The van der Waals surface area contributed by atoms with Gasteiger partial charge in [0.05, 0.1) is 20.6 Å². The normalized spacial score (nSPS) is 15.4. The van der Waals surface area contributed by atoms with E-state index in [1.807, 2.05) is 45.2 Å². The lowest BCUT2D eigenvalue weighted by molar-refractivity contribution is -0.890. The number of anilines is 1. The molecule has 154 valence electrons. The minimum atomic E-state index is -0.590. The zero-order chi connectivity index (χ0) is 20.8. The summed E-state index contributed by atoms with van der Waals surface area (Å²) in [5.74, 6) is -1.13. The SMILES string of the molecule is CC(=O)N1CCN(C(=O)C(=O)NC[C@@H](c2ccc(N(C)C)cc2)[NH+](C)C)CC1. The number of likely N-dealkylation sites (N-methyl/N-ethyl adjacent to an activating group) is 1. The molecule has 0 radical (unpaired) electrons. The summed E-state index contributed by atoms with van der Waals surface area (Å²) in [5.41, 5.74) is 2.22. The molecule has 3 amide bonds. The number of piperazine rings is 1. The number of amides is 3. The minimum Gasteiger partial charge on any atom is -0.378 e. The smallest absolute Gasteiger partial charge is 0.312 e. The molecule has 8 heteroatoms. The number of rotatable bonds is 5. The molecule has 1 aliphatic rings. The highest BCUT2D eigenvalue weighted by molar-refractivity contribution is 6.35. The zero-order valence-electron chi connectivity index (χ0n) is 17.5. The Balaban J connectivity index is 1.93. The second kappa shape index (κ2) is 9.54. The van der Waals surface area contributed by atoms with Crippen molar-refractivity contribution in [3.63, 3.8) is 0 Å². The molecular weight excluding hydrogens is 358 g/mol. The van der Waals surface area contributed by atoms with Gasteiger partial charge in [0, 0.05) is 58.4 Å². The summed E-state index contributed by atoms with van der Waals surface area (Å²) in [6.45, 7) is 3.61. The molecular formula is C20H32N5O3+. The number of carbonyl (C=O) groups is 3. The van der Waals surface area contributed by atoms with Crippen LogP contribution in [0.3, 0.4) is 0 Å². The van der Waals surface area contributed by atoms with E-state index in [4.69, 9.17) is 0 Å². The lowest BCUT2D eigenvalue weighted by atomic mass is 10.1. The highest BCUT2D eigenvalue weighted by Crippen LogP contribution is 2.16. The summed E-state index contributed by atoms with van der Waals surface area (Å²) in [4.78, 5) is 42.6. The van der Waals surface area contributed by atoms with Crippen LogP contribution < -0.4 is 15.1 Å². The van der Waals surface area contributed by atoms with E-state index in [1.54, 1.807) is 4.90 Å². The van der Waals surface area contributed by atoms with Gasteiger partial charge in [-0.25, -0.2) is 0 Å². The molecule has 1 saturated heterocycles. The zero-order valence-corrected chi connectivity index (χ0v) is 17.5. The Kier molecular flexibility index (Phi) is 7.39. The van der Waals surface area contributed by atoms with Gasteiger partial charge in [-0.1, -0.05) is 12.1 Å². The van der Waals surface area contributed by atoms with Gasteiger partial charge in [-0.3, -0.25) is 14.4 Å². The molecule has 2 rings (SSSR count). The van der Waals surface area contributed by atoms with Gasteiger partial charge in [-0.2, -0.15) is 0 Å². The van der Waals surface area contributed by atoms with Gasteiger partial charge < -0.3 is 24.9 Å². The van der Waals surface area contributed by atoms with E-state index in [1.165, 1.54) is 16.7 Å². The monoisotopic (exact) mass is 390 g/mol. The maximum Gasteiger partial charge on any atom is 0.312 e. The molecule has 0 unspecified atom stereocenters. The fourth-order valence-corrected chi connectivity index (χ4v) is 3.30. The van der Waals surface area contributed by atoms with Gasteiger partial charge >= 0.3 is 11.8 Å². The average Bonchev–Trinajstić information content (AvgIpc) is 2.67. The number of quaternary nitrogens is 1. The first-order valence-corrected chi connectivity index (χ1v) is 9.60. The third-order valence-electron chi connectivity index (χ3n) is 5.18. The second-order valence-corrected chi connectivity index (χ2v) is 7.62. The van der Waals surface area contributed by atoms with Crippen LogP contribution in [0.5, 0.6) is 0 Å². The Morgan fingerprint density at radius 1 is 1.04 bits per heavy atom. The van der Waals surface area contributed by atoms with Crippen molar-refractivity contribution in [2.24, 2.45) is 0 Å². The number of nitrogens with one attached hydrogen (secondary N) is 2. The first-order chi connectivity index (χ1) is 13.2. The third kappa shape index (κ3) is 5.45. The standard InChI is InChI=1S/C20H31N5O3/c1-15(26)24-10-12-25(13-11-24)20(28)19(27)21-14-18(23(4)5)16-6-8-17(9-7-16)22(2)3/h6-9,18H,10-14H2,1-5H3,(H,21,27)/p+1/t18-/m0/s1. The van der Waals surface area contributed by atoms with E-state index in [2.05, 4.69) is 17.4 Å². The van der Waals surface area contributed by atoms with Crippen LogP contribution >= 0.6 is 0 Å². The summed E-state index contributed by atoms with van der Waals surface area (Å²) in [6.07, 6.45) is 0. The van der Waals surface area contributed by atoms with Crippen LogP contribution in [0, 0.1) is 0 Å². The molecule has 0 aromatic heterocycles. The van der Waals surface area contributed by atoms with Crippen molar-refractivity contribution in [3.8, 4) is 0 Å². The van der Waals surface area contributed by atoms with Crippen molar-refractivity contribution in [1.29, 1.82) is 0 Å². The van der Waals surface area contributed by atoms with Gasteiger partial charge in [0.25, 0.3) is 0 Å². The molecule has 1 fully saturated rings. The van der Waals surface area contributed by atoms with Crippen LogP contribution in [0.2, 0.25) is 0 Å². The Labute approximate surface area is 167 Å². The van der Waals surface area contributed by atoms with Crippen molar-refractivity contribution in [1.82, 2.24) is 15.1 Å². The first kappa shape index (κ1) is 21.7. The fraction of sp³-hybridized carbons (Fsp3) is 0.550. The first-order valence-electron chi connectivity index (χ1n) is 9.60. The Bertz CT molecular complexity index is 694. The molecule has 0 bridgehead atoms. The number of carbonyl (C=O) groups excluding carboxylic acids is 3. The summed E-state index contributed by atoms with van der Waals surface area (Å²) >= 11 is 0. The van der Waals surface area contributed by atoms with Crippen LogP contribution in [0.4, 0.5) is 5.69 Å². The largest absolute Gasteiger partial charge is 0.378 e. The van der Waals surface area contributed by atoms with E-state index < -0.39 is 11.8 Å². The number of hydrogen-bond acceptors (Lipinski definition) is 4. The molecule has 1 heterocycles. The fourth-order valence-electron chi connectivity index (χ4n) is 3.30. The molecule has 1 atom stereocenters. The maximum atomic E-state index is 12.4. The lowest BCUT2D eigenvalue weighted by Gasteiger charge is -2.33.